The minimum atomic E-state index is -1.13. The molecule has 110 valence electrons. The van der Waals surface area contributed by atoms with Crippen molar-refractivity contribution >= 4 is 40.4 Å². The fourth-order valence-corrected chi connectivity index (χ4v) is 1.87. The zero-order valence-corrected chi connectivity index (χ0v) is 13.8. The molecule has 1 rings (SSSR count). The second-order valence-electron chi connectivity index (χ2n) is 5.48. The lowest BCUT2D eigenvalue weighted by Gasteiger charge is -2.29. The summed E-state index contributed by atoms with van der Waals surface area (Å²) in [5.41, 5.74) is -0.352. The van der Waals surface area contributed by atoms with Crippen LogP contribution in [0.4, 0.5) is 10.6 Å². The molecule has 0 aliphatic heterocycles. The van der Waals surface area contributed by atoms with Crippen LogP contribution < -0.4 is 10.6 Å². The average Bonchev–Trinajstić information content (AvgIpc) is 2.29. The first kappa shape index (κ1) is 16.7. The van der Waals surface area contributed by atoms with Crippen molar-refractivity contribution in [1.29, 1.82) is 0 Å². The molecule has 0 aliphatic rings. The molecule has 3 N–H and O–H groups in total. The number of aromatic nitrogens is 1. The molecule has 0 aliphatic carbocycles. The Hall–Kier alpha value is -1.38. The molecule has 1 heterocycles. The highest BCUT2D eigenvalue weighted by Gasteiger charge is 2.28. The lowest BCUT2D eigenvalue weighted by atomic mass is 9.84. The number of hydrogen-bond acceptors (Lipinski definition) is 3. The highest BCUT2D eigenvalue weighted by atomic mass is 127. The maximum Gasteiger partial charge on any atom is 0.404 e. The average molecular weight is 391 g/mol. The predicted octanol–water partition coefficient (Wildman–Crippen LogP) is 2.70. The van der Waals surface area contributed by atoms with Crippen molar-refractivity contribution in [2.45, 2.75) is 33.2 Å². The van der Waals surface area contributed by atoms with E-state index in [-0.39, 0.29) is 17.7 Å². The number of carboxylic acid groups (broad SMARTS) is 1. The Kier molecular flexibility index (Phi) is 5.73. The SMILES string of the molecule is CC(C)(C)C(CC(=O)Nc1ccc(I)cn1)NC(=O)O. The Morgan fingerprint density at radius 3 is 2.50 bits per heavy atom. The normalized spacial score (nSPS) is 12.6. The lowest BCUT2D eigenvalue weighted by molar-refractivity contribution is -0.117. The Balaban J connectivity index is 2.66. The molecule has 0 radical (unpaired) electrons. The van der Waals surface area contributed by atoms with Crippen LogP contribution in [0.2, 0.25) is 0 Å². The molecule has 1 aromatic rings. The summed E-state index contributed by atoms with van der Waals surface area (Å²) in [5.74, 6) is 0.186. The summed E-state index contributed by atoms with van der Waals surface area (Å²) in [6.45, 7) is 5.64. The van der Waals surface area contributed by atoms with Crippen molar-refractivity contribution in [1.82, 2.24) is 10.3 Å². The van der Waals surface area contributed by atoms with Gasteiger partial charge in [0, 0.05) is 22.2 Å². The molecule has 0 fully saturated rings. The summed E-state index contributed by atoms with van der Waals surface area (Å²) in [5, 5.41) is 13.9. The van der Waals surface area contributed by atoms with E-state index in [0.29, 0.717) is 5.82 Å². The zero-order valence-electron chi connectivity index (χ0n) is 11.6. The molecule has 1 aromatic heterocycles. The smallest absolute Gasteiger partial charge is 0.404 e. The molecule has 7 heteroatoms. The standard InChI is InChI=1S/C13H18IN3O3/c1-13(2,3)9(16-12(19)20)6-11(18)17-10-5-4-8(14)7-15-10/h4-5,7,9,16H,6H2,1-3H3,(H,19,20)(H,15,17,18). The fraction of sp³-hybridized carbons (Fsp3) is 0.462. The number of rotatable bonds is 4. The van der Waals surface area contributed by atoms with Gasteiger partial charge in [-0.25, -0.2) is 9.78 Å². The van der Waals surface area contributed by atoms with Crippen LogP contribution in [0.3, 0.4) is 0 Å². The van der Waals surface area contributed by atoms with E-state index < -0.39 is 12.1 Å². The Labute approximate surface area is 131 Å². The van der Waals surface area contributed by atoms with Crippen LogP contribution in [0.15, 0.2) is 18.3 Å². The molecule has 1 atom stereocenters. The molecular formula is C13H18IN3O3. The Bertz CT molecular complexity index is 483. The second kappa shape index (κ2) is 6.87. The number of carbonyl (C=O) groups is 2. The Morgan fingerprint density at radius 2 is 2.05 bits per heavy atom. The number of amides is 2. The van der Waals surface area contributed by atoms with Crippen LogP contribution in [0.1, 0.15) is 27.2 Å². The maximum atomic E-state index is 12.0. The molecular weight excluding hydrogens is 373 g/mol. The first-order chi connectivity index (χ1) is 9.18. The van der Waals surface area contributed by atoms with Crippen LogP contribution in [0.25, 0.3) is 0 Å². The minimum absolute atomic E-state index is 0.0590. The van der Waals surface area contributed by atoms with Crippen LogP contribution in [-0.2, 0) is 4.79 Å². The van der Waals surface area contributed by atoms with Gasteiger partial charge in [-0.3, -0.25) is 4.79 Å². The molecule has 20 heavy (non-hydrogen) atoms. The molecule has 0 saturated carbocycles. The van der Waals surface area contributed by atoms with Crippen LogP contribution >= 0.6 is 22.6 Å². The number of nitrogens with one attached hydrogen (secondary N) is 2. The third-order valence-electron chi connectivity index (χ3n) is 2.73. The summed E-state index contributed by atoms with van der Waals surface area (Å²) in [4.78, 5) is 26.8. The van der Waals surface area contributed by atoms with Crippen molar-refractivity contribution in [3.63, 3.8) is 0 Å². The third-order valence-corrected chi connectivity index (χ3v) is 3.37. The van der Waals surface area contributed by atoms with Gasteiger partial charge < -0.3 is 15.7 Å². The number of nitrogens with zero attached hydrogens (tertiary/aromatic N) is 1. The van der Waals surface area contributed by atoms with E-state index in [1.165, 1.54) is 0 Å². The Morgan fingerprint density at radius 1 is 1.40 bits per heavy atom. The topological polar surface area (TPSA) is 91.3 Å². The third kappa shape index (κ3) is 5.72. The van der Waals surface area contributed by atoms with Gasteiger partial charge >= 0.3 is 6.09 Å². The molecule has 6 nitrogen and oxygen atoms in total. The van der Waals surface area contributed by atoms with Crippen molar-refractivity contribution in [3.8, 4) is 0 Å². The van der Waals surface area contributed by atoms with Gasteiger partial charge in [0.25, 0.3) is 0 Å². The van der Waals surface area contributed by atoms with Gasteiger partial charge in [-0.05, 0) is 40.1 Å². The number of pyridine rings is 1. The molecule has 0 spiro atoms. The monoisotopic (exact) mass is 391 g/mol. The first-order valence-corrected chi connectivity index (χ1v) is 7.17. The summed E-state index contributed by atoms with van der Waals surface area (Å²) < 4.78 is 0.973. The summed E-state index contributed by atoms with van der Waals surface area (Å²) >= 11 is 2.12. The van der Waals surface area contributed by atoms with Crippen LogP contribution in [0.5, 0.6) is 0 Å². The van der Waals surface area contributed by atoms with Gasteiger partial charge in [0.2, 0.25) is 5.91 Å². The maximum absolute atomic E-state index is 12.0. The molecule has 0 bridgehead atoms. The molecule has 2 amide bonds. The summed E-state index contributed by atoms with van der Waals surface area (Å²) in [6, 6.07) is 3.07. The predicted molar refractivity (Wildman–Crippen MR) is 84.6 cm³/mol. The first-order valence-electron chi connectivity index (χ1n) is 6.09. The van der Waals surface area contributed by atoms with Crippen molar-refractivity contribution in [2.24, 2.45) is 5.41 Å². The van der Waals surface area contributed by atoms with E-state index in [0.717, 1.165) is 3.57 Å². The van der Waals surface area contributed by atoms with Crippen molar-refractivity contribution in [3.05, 3.63) is 21.9 Å². The van der Waals surface area contributed by atoms with E-state index in [2.05, 4.69) is 38.2 Å². The lowest BCUT2D eigenvalue weighted by Crippen LogP contribution is -2.45. The zero-order chi connectivity index (χ0) is 15.3. The molecule has 0 saturated heterocycles. The van der Waals surface area contributed by atoms with Gasteiger partial charge in [0.05, 0.1) is 0 Å². The van der Waals surface area contributed by atoms with E-state index >= 15 is 0 Å². The van der Waals surface area contributed by atoms with E-state index in [1.807, 2.05) is 26.8 Å². The van der Waals surface area contributed by atoms with E-state index in [4.69, 9.17) is 5.11 Å². The van der Waals surface area contributed by atoms with E-state index in [1.54, 1.807) is 12.3 Å². The van der Waals surface area contributed by atoms with Crippen molar-refractivity contribution in [2.75, 3.05) is 5.32 Å². The van der Waals surface area contributed by atoms with Crippen LogP contribution in [0, 0.1) is 8.99 Å². The number of carbonyl (C=O) groups excluding carboxylic acids is 1. The highest BCUT2D eigenvalue weighted by Crippen LogP contribution is 2.22. The quantitative estimate of drug-likeness (QED) is 0.689. The second-order valence-corrected chi connectivity index (χ2v) is 6.73. The number of halogens is 1. The van der Waals surface area contributed by atoms with Crippen molar-refractivity contribution < 1.29 is 14.7 Å². The van der Waals surface area contributed by atoms with Gasteiger partial charge in [0.15, 0.2) is 0 Å². The minimum Gasteiger partial charge on any atom is -0.465 e. The van der Waals surface area contributed by atoms with Crippen LogP contribution in [-0.4, -0.2) is 28.1 Å². The highest BCUT2D eigenvalue weighted by molar-refractivity contribution is 14.1. The number of hydrogen-bond donors (Lipinski definition) is 3. The van der Waals surface area contributed by atoms with Gasteiger partial charge in [-0.2, -0.15) is 0 Å². The largest absolute Gasteiger partial charge is 0.465 e. The fourth-order valence-electron chi connectivity index (χ4n) is 1.55. The summed E-state index contributed by atoms with van der Waals surface area (Å²) in [7, 11) is 0. The van der Waals surface area contributed by atoms with E-state index in [9.17, 15) is 9.59 Å². The van der Waals surface area contributed by atoms with Gasteiger partial charge in [0.1, 0.15) is 5.82 Å². The summed E-state index contributed by atoms with van der Waals surface area (Å²) in [6.07, 6.45) is 0.571. The number of anilines is 1. The molecule has 0 aromatic carbocycles. The van der Waals surface area contributed by atoms with Gasteiger partial charge in [-0.15, -0.1) is 0 Å². The molecule has 1 unspecified atom stereocenters. The van der Waals surface area contributed by atoms with Gasteiger partial charge in [-0.1, -0.05) is 20.8 Å².